The second kappa shape index (κ2) is 14.0. The molecule has 8 aromatic carbocycles. The highest BCUT2D eigenvalue weighted by Crippen LogP contribution is 2.37. The first-order valence-electron chi connectivity index (χ1n) is 19.4. The average molecular weight is 743 g/mol. The molecule has 0 saturated carbocycles. The van der Waals surface area contributed by atoms with Crippen molar-refractivity contribution in [3.63, 3.8) is 0 Å². The lowest BCUT2D eigenvalue weighted by molar-refractivity contribution is 0.667. The van der Waals surface area contributed by atoms with Crippen LogP contribution in [0.3, 0.4) is 0 Å². The summed E-state index contributed by atoms with van der Waals surface area (Å²) >= 11 is 0. The number of fused-ring (bicyclic) bond motifs is 4. The first kappa shape index (κ1) is 33.4. The summed E-state index contributed by atoms with van der Waals surface area (Å²) < 4.78 is 8.59. The summed E-state index contributed by atoms with van der Waals surface area (Å²) in [7, 11) is 0. The number of benzene rings is 8. The van der Waals surface area contributed by atoms with Crippen molar-refractivity contribution in [3.8, 4) is 73.1 Å². The highest BCUT2D eigenvalue weighted by molar-refractivity contribution is 6.07. The maximum atomic E-state index is 6.34. The van der Waals surface area contributed by atoms with Gasteiger partial charge in [-0.1, -0.05) is 146 Å². The number of hydrogen-bond acceptors (Lipinski definition) is 4. The first-order chi connectivity index (χ1) is 28.7. The molecule has 11 rings (SSSR count). The van der Waals surface area contributed by atoms with Crippen molar-refractivity contribution in [1.82, 2.24) is 19.5 Å². The van der Waals surface area contributed by atoms with Gasteiger partial charge in [0.1, 0.15) is 22.6 Å². The number of para-hydroxylation sites is 4. The molecule has 58 heavy (non-hydrogen) atoms. The molecule has 0 bridgehead atoms. The van der Waals surface area contributed by atoms with E-state index in [4.69, 9.17) is 19.4 Å². The zero-order chi connectivity index (χ0) is 38.4. The minimum Gasteiger partial charge on any atom is -0.452 e. The van der Waals surface area contributed by atoms with E-state index in [9.17, 15) is 0 Å². The molecule has 0 aliphatic heterocycles. The maximum absolute atomic E-state index is 6.34. The van der Waals surface area contributed by atoms with E-state index in [1.165, 1.54) is 0 Å². The largest absolute Gasteiger partial charge is 0.452 e. The molecular formula is C53H34N4O. The van der Waals surface area contributed by atoms with Crippen molar-refractivity contribution in [2.45, 2.75) is 0 Å². The summed E-state index contributed by atoms with van der Waals surface area (Å²) in [5, 5.41) is 0.975. The zero-order valence-corrected chi connectivity index (χ0v) is 31.3. The second-order valence-electron chi connectivity index (χ2n) is 14.5. The minimum atomic E-state index is 0.658. The summed E-state index contributed by atoms with van der Waals surface area (Å²) in [6, 6.07) is 71.7. The average Bonchev–Trinajstić information content (AvgIpc) is 3.89. The smallest absolute Gasteiger partial charge is 0.180 e. The summed E-state index contributed by atoms with van der Waals surface area (Å²) in [5.41, 5.74) is 16.0. The molecule has 0 atom stereocenters. The van der Waals surface area contributed by atoms with E-state index in [-0.39, 0.29) is 0 Å². The van der Waals surface area contributed by atoms with Crippen LogP contribution in [0, 0.1) is 0 Å². The zero-order valence-electron chi connectivity index (χ0n) is 31.3. The van der Waals surface area contributed by atoms with Gasteiger partial charge in [0.05, 0.1) is 11.0 Å². The lowest BCUT2D eigenvalue weighted by Gasteiger charge is -2.12. The number of nitrogens with zero attached hydrogens (tertiary/aromatic N) is 4. The van der Waals surface area contributed by atoms with E-state index in [2.05, 4.69) is 162 Å². The third kappa shape index (κ3) is 5.94. The van der Waals surface area contributed by atoms with Crippen LogP contribution in [0.1, 0.15) is 0 Å². The van der Waals surface area contributed by atoms with Crippen LogP contribution in [-0.2, 0) is 0 Å². The highest BCUT2D eigenvalue weighted by Gasteiger charge is 2.19. The Kier molecular flexibility index (Phi) is 8.07. The van der Waals surface area contributed by atoms with Crippen LogP contribution in [-0.4, -0.2) is 19.5 Å². The molecule has 0 unspecified atom stereocenters. The molecule has 0 aliphatic carbocycles. The summed E-state index contributed by atoms with van der Waals surface area (Å²) in [6.07, 6.45) is 0. The van der Waals surface area contributed by atoms with E-state index < -0.39 is 0 Å². The van der Waals surface area contributed by atoms with Gasteiger partial charge in [0.15, 0.2) is 11.4 Å². The third-order valence-corrected chi connectivity index (χ3v) is 10.8. The molecule has 0 saturated heterocycles. The first-order valence-corrected chi connectivity index (χ1v) is 19.4. The van der Waals surface area contributed by atoms with Gasteiger partial charge in [-0.15, -0.1) is 0 Å². The third-order valence-electron chi connectivity index (χ3n) is 10.8. The van der Waals surface area contributed by atoms with Gasteiger partial charge >= 0.3 is 0 Å². The predicted octanol–water partition coefficient (Wildman–Crippen LogP) is 13.7. The molecule has 272 valence electrons. The van der Waals surface area contributed by atoms with Crippen LogP contribution in [0.2, 0.25) is 0 Å². The molecule has 3 heterocycles. The quantitative estimate of drug-likeness (QED) is 0.163. The van der Waals surface area contributed by atoms with Crippen molar-refractivity contribution >= 4 is 33.1 Å². The highest BCUT2D eigenvalue weighted by atomic mass is 16.3. The molecule has 11 aromatic rings. The number of imidazole rings is 1. The van der Waals surface area contributed by atoms with Gasteiger partial charge in [-0.05, 0) is 94.0 Å². The van der Waals surface area contributed by atoms with Crippen LogP contribution >= 0.6 is 0 Å². The van der Waals surface area contributed by atoms with Gasteiger partial charge in [0.25, 0.3) is 0 Å². The molecule has 0 amide bonds. The van der Waals surface area contributed by atoms with Crippen LogP contribution in [0.4, 0.5) is 0 Å². The Hall–Kier alpha value is -7.89. The van der Waals surface area contributed by atoms with Crippen LogP contribution in [0.5, 0.6) is 0 Å². The summed E-state index contributed by atoms with van der Waals surface area (Å²) in [6.45, 7) is 0. The lowest BCUT2D eigenvalue weighted by atomic mass is 9.95. The normalized spacial score (nSPS) is 11.4. The molecule has 5 nitrogen and oxygen atoms in total. The van der Waals surface area contributed by atoms with Crippen molar-refractivity contribution in [2.24, 2.45) is 0 Å². The summed E-state index contributed by atoms with van der Waals surface area (Å²) in [5.74, 6) is 1.57. The molecule has 5 heteroatoms. The molecule has 3 aromatic heterocycles. The van der Waals surface area contributed by atoms with E-state index in [0.29, 0.717) is 11.4 Å². The fourth-order valence-corrected chi connectivity index (χ4v) is 8.00. The van der Waals surface area contributed by atoms with Crippen LogP contribution in [0.15, 0.2) is 211 Å². The van der Waals surface area contributed by atoms with Crippen molar-refractivity contribution < 1.29 is 4.42 Å². The lowest BCUT2D eigenvalue weighted by Crippen LogP contribution is -1.97. The number of hydrogen-bond donors (Lipinski definition) is 0. The van der Waals surface area contributed by atoms with Gasteiger partial charge in [0.2, 0.25) is 0 Å². The minimum absolute atomic E-state index is 0.658. The Morgan fingerprint density at radius 1 is 0.379 bits per heavy atom. The molecule has 0 N–H and O–H groups in total. The maximum Gasteiger partial charge on any atom is 0.180 e. The van der Waals surface area contributed by atoms with Crippen molar-refractivity contribution in [2.75, 3.05) is 0 Å². The number of furan rings is 1. The van der Waals surface area contributed by atoms with Gasteiger partial charge in [0, 0.05) is 27.8 Å². The number of rotatable bonds is 7. The Morgan fingerprint density at radius 3 is 1.55 bits per heavy atom. The Labute approximate surface area is 335 Å². The van der Waals surface area contributed by atoms with Gasteiger partial charge in [-0.3, -0.25) is 4.57 Å². The molecular weight excluding hydrogens is 709 g/mol. The Morgan fingerprint density at radius 2 is 0.879 bits per heavy atom. The summed E-state index contributed by atoms with van der Waals surface area (Å²) in [4.78, 5) is 15.3. The topological polar surface area (TPSA) is 56.7 Å². The molecule has 0 aliphatic rings. The van der Waals surface area contributed by atoms with Gasteiger partial charge in [-0.2, -0.15) is 0 Å². The molecule has 0 fully saturated rings. The Bertz CT molecular complexity index is 3290. The van der Waals surface area contributed by atoms with E-state index in [1.54, 1.807) is 0 Å². The standard InChI is InChI=1S/C53H34N4O/c1-3-15-35(16-4-1)49-51-50(45-27-7-10-30-48(45)58-51)56-52(55-49)42-23-13-21-40(33-42)38-19-11-17-36(31-38)37-18-12-20-39(32-37)41-22-14-24-43(34-41)53-54-46-28-8-9-29-47(46)57(53)44-25-5-2-6-26-44/h1-34H. The predicted molar refractivity (Wildman–Crippen MR) is 237 cm³/mol. The van der Waals surface area contributed by atoms with Crippen molar-refractivity contribution in [3.05, 3.63) is 206 Å². The van der Waals surface area contributed by atoms with E-state index >= 15 is 0 Å². The second-order valence-corrected chi connectivity index (χ2v) is 14.5. The Balaban J connectivity index is 0.948. The fourth-order valence-electron chi connectivity index (χ4n) is 8.00. The monoisotopic (exact) mass is 742 g/mol. The van der Waals surface area contributed by atoms with E-state index in [0.717, 1.165) is 94.8 Å². The van der Waals surface area contributed by atoms with Crippen LogP contribution in [0.25, 0.3) is 106 Å². The number of aromatic nitrogens is 4. The van der Waals surface area contributed by atoms with Crippen molar-refractivity contribution in [1.29, 1.82) is 0 Å². The van der Waals surface area contributed by atoms with Gasteiger partial charge in [-0.25, -0.2) is 15.0 Å². The van der Waals surface area contributed by atoms with E-state index in [1.807, 2.05) is 48.5 Å². The fraction of sp³-hybridized carbons (Fsp3) is 0. The van der Waals surface area contributed by atoms with Gasteiger partial charge < -0.3 is 4.42 Å². The SMILES string of the molecule is c1ccc(-c2nc(-c3cccc(-c4cccc(-c5cccc(-c6cccc(-c7nc8ccccc8n7-c7ccccc7)c6)c5)c4)c3)nc3c2oc2ccccc23)cc1. The van der Waals surface area contributed by atoms with Crippen LogP contribution < -0.4 is 0 Å². The molecule has 0 spiro atoms. The molecule has 0 radical (unpaired) electrons.